The van der Waals surface area contributed by atoms with Crippen LogP contribution in [0.5, 0.6) is 0 Å². The van der Waals surface area contributed by atoms with E-state index in [1.165, 1.54) is 36.3 Å². The highest BCUT2D eigenvalue weighted by Crippen LogP contribution is 2.34. The molecule has 2 aromatic carbocycles. The van der Waals surface area contributed by atoms with Crippen molar-refractivity contribution in [1.82, 2.24) is 14.4 Å². The van der Waals surface area contributed by atoms with E-state index >= 15 is 0 Å². The Labute approximate surface area is 226 Å². The topological polar surface area (TPSA) is 114 Å². The number of aromatic nitrogens is 2. The highest BCUT2D eigenvalue weighted by molar-refractivity contribution is 7.99. The Hall–Kier alpha value is -3.07. The van der Waals surface area contributed by atoms with Crippen LogP contribution in [0.3, 0.4) is 0 Å². The molecule has 2 N–H and O–H groups in total. The van der Waals surface area contributed by atoms with Crippen LogP contribution in [0.1, 0.15) is 13.8 Å². The monoisotopic (exact) mass is 589 g/mol. The van der Waals surface area contributed by atoms with Crippen molar-refractivity contribution < 1.29 is 31.2 Å². The fourth-order valence-corrected chi connectivity index (χ4v) is 4.87. The third-order valence-corrected chi connectivity index (χ3v) is 8.00. The molecule has 0 amide bonds. The van der Waals surface area contributed by atoms with E-state index in [0.717, 1.165) is 5.69 Å². The molecule has 0 aliphatic carbocycles. The summed E-state index contributed by atoms with van der Waals surface area (Å²) in [7, 11) is -3.92. The summed E-state index contributed by atoms with van der Waals surface area (Å²) in [5, 5.41) is 6.71. The van der Waals surface area contributed by atoms with Crippen LogP contribution in [0.15, 0.2) is 64.6 Å². The Balaban J connectivity index is 1.91. The molecule has 0 spiro atoms. The zero-order valence-electron chi connectivity index (χ0n) is 20.3. The molecule has 0 radical (unpaired) electrons. The van der Waals surface area contributed by atoms with E-state index in [0.29, 0.717) is 46.0 Å². The van der Waals surface area contributed by atoms with Gasteiger partial charge in [-0.3, -0.25) is 0 Å². The van der Waals surface area contributed by atoms with Gasteiger partial charge in [-0.2, -0.15) is 13.2 Å². The lowest BCUT2D eigenvalue weighted by molar-refractivity contribution is -0.219. The Kier molecular flexibility index (Phi) is 9.46. The Morgan fingerprint density at radius 3 is 2.32 bits per heavy atom. The van der Waals surface area contributed by atoms with Gasteiger partial charge in [-0.05, 0) is 52.9 Å². The second-order valence-corrected chi connectivity index (χ2v) is 11.6. The number of sulfonamides is 1. The van der Waals surface area contributed by atoms with E-state index in [1.807, 2.05) is 13.8 Å². The highest BCUT2D eigenvalue weighted by atomic mass is 35.5. The van der Waals surface area contributed by atoms with Gasteiger partial charge in [0, 0.05) is 34.5 Å². The molecule has 1 aromatic heterocycles. The first-order valence-corrected chi connectivity index (χ1v) is 13.7. The average Bonchev–Trinajstić information content (AvgIpc) is 2.84. The summed E-state index contributed by atoms with van der Waals surface area (Å²) in [6.45, 7) is 4.03. The molecule has 204 valence electrons. The summed E-state index contributed by atoms with van der Waals surface area (Å²) in [6.07, 6.45) is -4.06. The van der Waals surface area contributed by atoms with Crippen molar-refractivity contribution in [2.45, 2.75) is 29.8 Å². The molecule has 3 rings (SSSR count). The Morgan fingerprint density at radius 2 is 1.71 bits per heavy atom. The van der Waals surface area contributed by atoms with Crippen molar-refractivity contribution in [3.05, 3.63) is 59.9 Å². The molecule has 0 bridgehead atoms. The lowest BCUT2D eigenvalue weighted by Gasteiger charge is -2.19. The molecule has 3 aromatic rings. The van der Waals surface area contributed by atoms with E-state index < -0.39 is 27.1 Å². The fourth-order valence-electron chi connectivity index (χ4n) is 2.83. The Bertz CT molecular complexity index is 1390. The van der Waals surface area contributed by atoms with Crippen LogP contribution in [0.4, 0.5) is 36.2 Å². The Morgan fingerprint density at radius 1 is 1.08 bits per heavy atom. The van der Waals surface area contributed by atoms with Crippen molar-refractivity contribution in [3.8, 4) is 0 Å². The van der Waals surface area contributed by atoms with Gasteiger partial charge in [-0.1, -0.05) is 25.4 Å². The molecule has 9 nitrogen and oxygen atoms in total. The summed E-state index contributed by atoms with van der Waals surface area (Å²) in [6, 6.07) is 12.5. The van der Waals surface area contributed by atoms with Gasteiger partial charge < -0.3 is 15.5 Å². The molecule has 0 saturated carbocycles. The van der Waals surface area contributed by atoms with E-state index in [1.54, 1.807) is 30.3 Å². The van der Waals surface area contributed by atoms with Crippen molar-refractivity contribution >= 4 is 62.4 Å². The van der Waals surface area contributed by atoms with Gasteiger partial charge in [0.1, 0.15) is 18.0 Å². The number of alkyl halides is 3. The molecule has 0 unspecified atom stereocenters. The molecule has 0 aliphatic rings. The smallest absolute Gasteiger partial charge is 0.345 e. The number of hydroxylamine groups is 1. The minimum absolute atomic E-state index is 0.123. The molecular formula is C23H23ClF3N5O4S2. The van der Waals surface area contributed by atoms with Crippen LogP contribution in [-0.4, -0.2) is 47.8 Å². The molecule has 1 heterocycles. The minimum Gasteiger partial charge on any atom is -0.345 e. The first-order chi connectivity index (χ1) is 17.8. The van der Waals surface area contributed by atoms with E-state index in [-0.39, 0.29) is 4.47 Å². The number of hydrogen-bond donors (Lipinski definition) is 2. The standard InChI is InChI=1S/C23H23ClF3N5O4S2/c1-14(2)12-37-19-9-8-17(38(34,35)32(3)36-22(33)23(25,26)27)10-18(19)31-21-11-20(28-13-29-21)30-16-6-4-15(24)5-7-16/h4-11,13-14H,12H2,1-3H3,(H2,28,29,30,31). The molecule has 0 aliphatic heterocycles. The fraction of sp³-hybridized carbons (Fsp3) is 0.261. The van der Waals surface area contributed by atoms with Gasteiger partial charge in [0.05, 0.1) is 10.6 Å². The summed E-state index contributed by atoms with van der Waals surface area (Å²) >= 11 is 7.36. The first kappa shape index (κ1) is 29.5. The molecule has 38 heavy (non-hydrogen) atoms. The highest BCUT2D eigenvalue weighted by Gasteiger charge is 2.43. The first-order valence-electron chi connectivity index (χ1n) is 10.9. The summed E-state index contributed by atoms with van der Waals surface area (Å²) in [5.74, 6) is -0.888. The predicted octanol–water partition coefficient (Wildman–Crippen LogP) is 6.01. The number of benzene rings is 2. The maximum atomic E-state index is 12.9. The second-order valence-electron chi connectivity index (χ2n) is 8.20. The number of carbonyl (C=O) groups is 1. The number of nitrogens with one attached hydrogen (secondary N) is 2. The minimum atomic E-state index is -5.36. The number of carbonyl (C=O) groups excluding carboxylic acids is 1. The van der Waals surface area contributed by atoms with Crippen molar-refractivity contribution in [3.63, 3.8) is 0 Å². The summed E-state index contributed by atoms with van der Waals surface area (Å²) in [5.41, 5.74) is 1.04. The second kappa shape index (κ2) is 12.2. The molecular weight excluding hydrogens is 567 g/mol. The van der Waals surface area contributed by atoms with Gasteiger partial charge in [0.15, 0.2) is 0 Å². The summed E-state index contributed by atoms with van der Waals surface area (Å²) in [4.78, 5) is 23.7. The molecule has 15 heteroatoms. The van der Waals surface area contributed by atoms with Crippen LogP contribution in [0.2, 0.25) is 5.02 Å². The number of anilines is 4. The van der Waals surface area contributed by atoms with Crippen LogP contribution in [0.25, 0.3) is 0 Å². The van der Waals surface area contributed by atoms with Gasteiger partial charge >= 0.3 is 12.1 Å². The quantitative estimate of drug-likeness (QED) is 0.217. The molecule has 0 saturated heterocycles. The van der Waals surface area contributed by atoms with Crippen LogP contribution >= 0.6 is 23.4 Å². The molecule has 0 fully saturated rings. The average molecular weight is 590 g/mol. The number of hydrogen-bond acceptors (Lipinski definition) is 9. The third kappa shape index (κ3) is 7.96. The number of rotatable bonds is 10. The predicted molar refractivity (Wildman–Crippen MR) is 139 cm³/mol. The lowest BCUT2D eigenvalue weighted by atomic mass is 10.3. The van der Waals surface area contributed by atoms with Crippen molar-refractivity contribution in [2.75, 3.05) is 23.4 Å². The van der Waals surface area contributed by atoms with Gasteiger partial charge in [-0.15, -0.1) is 11.8 Å². The van der Waals surface area contributed by atoms with Crippen LogP contribution in [-0.2, 0) is 19.7 Å². The number of halogens is 4. The van der Waals surface area contributed by atoms with E-state index in [9.17, 15) is 26.4 Å². The van der Waals surface area contributed by atoms with Crippen molar-refractivity contribution in [1.29, 1.82) is 0 Å². The van der Waals surface area contributed by atoms with E-state index in [4.69, 9.17) is 11.6 Å². The van der Waals surface area contributed by atoms with Crippen molar-refractivity contribution in [2.24, 2.45) is 5.92 Å². The normalized spacial score (nSPS) is 12.0. The van der Waals surface area contributed by atoms with Crippen LogP contribution in [0, 0.1) is 5.92 Å². The third-order valence-electron chi connectivity index (χ3n) is 4.65. The van der Waals surface area contributed by atoms with E-state index in [2.05, 4.69) is 25.4 Å². The zero-order chi connectivity index (χ0) is 28.1. The maximum Gasteiger partial charge on any atom is 0.492 e. The van der Waals surface area contributed by atoms with Gasteiger partial charge in [0.25, 0.3) is 10.0 Å². The maximum absolute atomic E-state index is 12.9. The molecule has 0 atom stereocenters. The van der Waals surface area contributed by atoms with Gasteiger partial charge in [-0.25, -0.2) is 23.2 Å². The number of thioether (sulfide) groups is 1. The lowest BCUT2D eigenvalue weighted by Crippen LogP contribution is -2.36. The SMILES string of the molecule is CC(C)CSc1ccc(S(=O)(=O)N(C)OC(=O)C(F)(F)F)cc1Nc1cc(Nc2ccc(Cl)cc2)ncn1. The van der Waals surface area contributed by atoms with Gasteiger partial charge in [0.2, 0.25) is 0 Å². The van der Waals surface area contributed by atoms with Crippen LogP contribution < -0.4 is 10.6 Å². The largest absolute Gasteiger partial charge is 0.492 e. The number of nitrogens with zero attached hydrogens (tertiary/aromatic N) is 3. The zero-order valence-corrected chi connectivity index (χ0v) is 22.7. The summed E-state index contributed by atoms with van der Waals surface area (Å²) < 4.78 is 63.3.